The summed E-state index contributed by atoms with van der Waals surface area (Å²) in [5.41, 5.74) is 1.40. The Balaban J connectivity index is 2.87. The Hall–Kier alpha value is -1.74. The van der Waals surface area contributed by atoms with E-state index in [1.807, 2.05) is 0 Å². The largest absolute Gasteiger partial charge is 0.387 e. The van der Waals surface area contributed by atoms with Gasteiger partial charge in [0, 0.05) is 12.8 Å². The van der Waals surface area contributed by atoms with E-state index in [1.54, 1.807) is 24.3 Å². The third kappa shape index (κ3) is 3.14. The molecule has 0 aliphatic heterocycles. The van der Waals surface area contributed by atoms with Gasteiger partial charge in [-0.2, -0.15) is 0 Å². The summed E-state index contributed by atoms with van der Waals surface area (Å²) in [4.78, 5) is 0. The summed E-state index contributed by atoms with van der Waals surface area (Å²) in [6.45, 7) is 0. The minimum atomic E-state index is -0.692. The number of benzene rings is 1. The van der Waals surface area contributed by atoms with Gasteiger partial charge >= 0.3 is 0 Å². The summed E-state index contributed by atoms with van der Waals surface area (Å²) in [5.74, 6) is 4.79. The Morgan fingerprint density at radius 1 is 1.00 bits per heavy atom. The van der Waals surface area contributed by atoms with E-state index in [0.29, 0.717) is 11.1 Å². The molecule has 0 saturated carbocycles. The molecule has 0 aliphatic rings. The van der Waals surface area contributed by atoms with E-state index in [9.17, 15) is 10.2 Å². The molecule has 1 aromatic rings. The molecule has 0 aromatic heterocycles. The lowest BCUT2D eigenvalue weighted by Gasteiger charge is -2.12. The van der Waals surface area contributed by atoms with Crippen molar-refractivity contribution in [1.82, 2.24) is 0 Å². The number of hydrogen-bond acceptors (Lipinski definition) is 2. The summed E-state index contributed by atoms with van der Waals surface area (Å²) in [6.07, 6.45) is 9.39. The van der Waals surface area contributed by atoms with Crippen LogP contribution >= 0.6 is 0 Å². The van der Waals surface area contributed by atoms with Crippen LogP contribution in [0.2, 0.25) is 0 Å². The van der Waals surface area contributed by atoms with E-state index in [1.165, 1.54) is 0 Å². The van der Waals surface area contributed by atoms with Gasteiger partial charge in [0.05, 0.1) is 12.2 Å². The maximum absolute atomic E-state index is 9.69. The fourth-order valence-electron chi connectivity index (χ4n) is 1.43. The van der Waals surface area contributed by atoms with Crippen LogP contribution in [0.4, 0.5) is 0 Å². The number of aliphatic hydroxyl groups is 2. The van der Waals surface area contributed by atoms with Gasteiger partial charge in [-0.05, 0) is 11.1 Å². The maximum Gasteiger partial charge on any atom is 0.0899 e. The lowest BCUT2D eigenvalue weighted by Crippen LogP contribution is -2.00. The summed E-state index contributed by atoms with van der Waals surface area (Å²) in [7, 11) is 0. The summed E-state index contributed by atoms with van der Waals surface area (Å²) < 4.78 is 0. The molecule has 0 bridgehead atoms. The van der Waals surface area contributed by atoms with E-state index >= 15 is 0 Å². The first-order chi connectivity index (χ1) is 7.69. The van der Waals surface area contributed by atoms with Gasteiger partial charge in [0.15, 0.2) is 0 Å². The summed E-state index contributed by atoms with van der Waals surface area (Å²) in [6, 6.07) is 7.04. The second kappa shape index (κ2) is 5.98. The van der Waals surface area contributed by atoms with Gasteiger partial charge in [0.25, 0.3) is 0 Å². The van der Waals surface area contributed by atoms with E-state index in [0.717, 1.165) is 0 Å². The van der Waals surface area contributed by atoms with Crippen molar-refractivity contribution in [3.8, 4) is 24.7 Å². The molecule has 0 fully saturated rings. The first-order valence-corrected chi connectivity index (χ1v) is 5.02. The zero-order valence-electron chi connectivity index (χ0n) is 8.93. The topological polar surface area (TPSA) is 40.5 Å². The van der Waals surface area contributed by atoms with Crippen LogP contribution in [0, 0.1) is 24.7 Å². The summed E-state index contributed by atoms with van der Waals surface area (Å²) >= 11 is 0. The molecule has 2 N–H and O–H groups in total. The molecule has 0 spiro atoms. The minimum Gasteiger partial charge on any atom is -0.387 e. The fourth-order valence-corrected chi connectivity index (χ4v) is 1.43. The van der Waals surface area contributed by atoms with E-state index in [4.69, 9.17) is 12.8 Å². The van der Waals surface area contributed by atoms with E-state index in [-0.39, 0.29) is 12.8 Å². The average molecular weight is 214 g/mol. The minimum absolute atomic E-state index is 0.259. The molecule has 0 saturated heterocycles. The first-order valence-electron chi connectivity index (χ1n) is 5.02. The van der Waals surface area contributed by atoms with E-state index in [2.05, 4.69) is 11.8 Å². The molecule has 82 valence electrons. The van der Waals surface area contributed by atoms with Crippen molar-refractivity contribution in [3.63, 3.8) is 0 Å². The smallest absolute Gasteiger partial charge is 0.0899 e. The molecule has 16 heavy (non-hydrogen) atoms. The zero-order valence-corrected chi connectivity index (χ0v) is 8.93. The Bertz CT molecular complexity index is 386. The monoisotopic (exact) mass is 214 g/mol. The quantitative estimate of drug-likeness (QED) is 0.750. The Morgan fingerprint density at radius 2 is 1.44 bits per heavy atom. The van der Waals surface area contributed by atoms with Crippen LogP contribution in [0.3, 0.4) is 0 Å². The highest BCUT2D eigenvalue weighted by molar-refractivity contribution is 5.28. The highest BCUT2D eigenvalue weighted by Gasteiger charge is 2.10. The van der Waals surface area contributed by atoms with Gasteiger partial charge in [-0.25, -0.2) is 0 Å². The van der Waals surface area contributed by atoms with Crippen LogP contribution in [0.25, 0.3) is 0 Å². The number of aliphatic hydroxyl groups excluding tert-OH is 2. The van der Waals surface area contributed by atoms with Crippen LogP contribution in [-0.2, 0) is 0 Å². The zero-order chi connectivity index (χ0) is 12.0. The SMILES string of the molecule is C#CC[C@@H](O)c1cccc([C@@H](O)CC#C)c1. The molecule has 2 heteroatoms. The molecule has 0 radical (unpaired) electrons. The van der Waals surface area contributed by atoms with Crippen molar-refractivity contribution in [3.05, 3.63) is 35.4 Å². The lowest BCUT2D eigenvalue weighted by atomic mass is 10.00. The lowest BCUT2D eigenvalue weighted by molar-refractivity contribution is 0.177. The maximum atomic E-state index is 9.69. The van der Waals surface area contributed by atoms with Gasteiger partial charge in [0.1, 0.15) is 0 Å². The molecule has 0 heterocycles. The number of rotatable bonds is 4. The normalized spacial score (nSPS) is 13.5. The molecule has 0 aliphatic carbocycles. The fraction of sp³-hybridized carbons (Fsp3) is 0.286. The third-order valence-corrected chi connectivity index (χ3v) is 2.30. The Morgan fingerprint density at radius 3 is 1.81 bits per heavy atom. The second-order valence-corrected chi connectivity index (χ2v) is 3.52. The van der Waals surface area contributed by atoms with Crippen LogP contribution in [0.5, 0.6) is 0 Å². The third-order valence-electron chi connectivity index (χ3n) is 2.30. The molecule has 1 aromatic carbocycles. The molecule has 2 atom stereocenters. The van der Waals surface area contributed by atoms with Crippen LogP contribution in [-0.4, -0.2) is 10.2 Å². The van der Waals surface area contributed by atoms with Crippen LogP contribution in [0.1, 0.15) is 36.2 Å². The second-order valence-electron chi connectivity index (χ2n) is 3.52. The highest BCUT2D eigenvalue weighted by Crippen LogP contribution is 2.22. The van der Waals surface area contributed by atoms with Crippen molar-refractivity contribution in [1.29, 1.82) is 0 Å². The van der Waals surface area contributed by atoms with Crippen molar-refractivity contribution < 1.29 is 10.2 Å². The standard InChI is InChI=1S/C14H14O2/c1-3-6-13(15)11-8-5-9-12(10-11)14(16)7-4-2/h1-2,5,8-10,13-16H,6-7H2/t13-,14+. The summed E-state index contributed by atoms with van der Waals surface area (Å²) in [5, 5.41) is 19.4. The Labute approximate surface area is 95.9 Å². The van der Waals surface area contributed by atoms with Crippen molar-refractivity contribution in [2.24, 2.45) is 0 Å². The van der Waals surface area contributed by atoms with Gasteiger partial charge in [-0.1, -0.05) is 24.3 Å². The first kappa shape index (κ1) is 12.3. The molecule has 0 unspecified atom stereocenters. The molecule has 1 rings (SSSR count). The van der Waals surface area contributed by atoms with Crippen molar-refractivity contribution in [2.45, 2.75) is 25.0 Å². The predicted molar refractivity (Wildman–Crippen MR) is 63.3 cm³/mol. The number of terminal acetylenes is 2. The van der Waals surface area contributed by atoms with Crippen molar-refractivity contribution >= 4 is 0 Å². The van der Waals surface area contributed by atoms with Crippen LogP contribution in [0.15, 0.2) is 24.3 Å². The molecular weight excluding hydrogens is 200 g/mol. The number of hydrogen-bond donors (Lipinski definition) is 2. The van der Waals surface area contributed by atoms with Gasteiger partial charge in [0.2, 0.25) is 0 Å². The highest BCUT2D eigenvalue weighted by atomic mass is 16.3. The van der Waals surface area contributed by atoms with Gasteiger partial charge in [-0.15, -0.1) is 24.7 Å². The average Bonchev–Trinajstić information content (AvgIpc) is 2.30. The Kier molecular flexibility index (Phi) is 4.61. The van der Waals surface area contributed by atoms with Crippen molar-refractivity contribution in [2.75, 3.05) is 0 Å². The molecule has 2 nitrogen and oxygen atoms in total. The predicted octanol–water partition coefficient (Wildman–Crippen LogP) is 1.80. The van der Waals surface area contributed by atoms with Gasteiger partial charge < -0.3 is 10.2 Å². The van der Waals surface area contributed by atoms with Gasteiger partial charge in [-0.3, -0.25) is 0 Å². The molecule has 0 amide bonds. The van der Waals surface area contributed by atoms with Crippen LogP contribution < -0.4 is 0 Å². The molecular formula is C14H14O2. The van der Waals surface area contributed by atoms with E-state index < -0.39 is 12.2 Å².